The van der Waals surface area contributed by atoms with Crippen LogP contribution in [-0.2, 0) is 4.79 Å². The van der Waals surface area contributed by atoms with Gasteiger partial charge in [-0.25, -0.2) is 0 Å². The van der Waals surface area contributed by atoms with E-state index in [0.29, 0.717) is 11.4 Å². The van der Waals surface area contributed by atoms with E-state index in [-0.39, 0.29) is 0 Å². The first-order valence-electron chi connectivity index (χ1n) is 6.38. The van der Waals surface area contributed by atoms with Crippen molar-refractivity contribution in [2.45, 2.75) is 16.8 Å². The van der Waals surface area contributed by atoms with Crippen LogP contribution < -0.4 is 5.01 Å². The summed E-state index contributed by atoms with van der Waals surface area (Å²) in [5.74, 6) is -1.57. The van der Waals surface area contributed by atoms with Crippen LogP contribution in [0.4, 0.5) is 5.69 Å². The van der Waals surface area contributed by atoms with Crippen LogP contribution >= 0.6 is 34.8 Å². The molecule has 0 saturated heterocycles. The smallest absolute Gasteiger partial charge is 0.267 e. The van der Waals surface area contributed by atoms with Crippen molar-refractivity contribution in [3.63, 3.8) is 0 Å². The summed E-state index contributed by atoms with van der Waals surface area (Å²) in [6.07, 6.45) is 0. The zero-order chi connectivity index (χ0) is 16.3. The Kier molecular flexibility index (Phi) is 3.39. The molecule has 0 aromatic heterocycles. The van der Waals surface area contributed by atoms with Gasteiger partial charge in [0, 0.05) is 4.92 Å². The van der Waals surface area contributed by atoms with Gasteiger partial charge in [-0.15, -0.1) is 0 Å². The van der Waals surface area contributed by atoms with E-state index in [2.05, 4.69) is 5.10 Å². The van der Waals surface area contributed by atoms with Crippen molar-refractivity contribution in [1.82, 2.24) is 0 Å². The molecule has 0 radical (unpaired) electrons. The number of para-hydroxylation sites is 1. The Bertz CT molecular complexity index is 689. The molecule has 1 heterocycles. The number of carbonyl (C=O) groups excluding carboxylic acids is 1. The lowest BCUT2D eigenvalue weighted by molar-refractivity contribution is -0.502. The van der Waals surface area contributed by atoms with Gasteiger partial charge >= 0.3 is 0 Å². The number of carbonyl (C=O) groups is 1. The molecule has 9 heteroatoms. The Balaban J connectivity index is 2.05. The van der Waals surface area contributed by atoms with Gasteiger partial charge in [0.15, 0.2) is 5.41 Å². The Hall–Kier alpha value is -1.37. The molecule has 3 atom stereocenters. The molecule has 22 heavy (non-hydrogen) atoms. The van der Waals surface area contributed by atoms with E-state index in [1.165, 1.54) is 0 Å². The summed E-state index contributed by atoms with van der Waals surface area (Å²) in [5, 5.41) is 16.6. The number of rotatable bonds is 2. The van der Waals surface area contributed by atoms with Gasteiger partial charge in [-0.3, -0.25) is 14.9 Å². The number of hydrogen-bond acceptors (Lipinski definition) is 4. The number of hydrogen-bond donors (Lipinski definition) is 0. The van der Waals surface area contributed by atoms with Crippen LogP contribution in [0, 0.1) is 21.4 Å². The van der Waals surface area contributed by atoms with E-state index in [4.69, 9.17) is 34.8 Å². The molecule has 1 saturated carbocycles. The third-order valence-electron chi connectivity index (χ3n) is 4.14. The number of nitrogens with zero attached hydrogens (tertiary/aromatic N) is 3. The second-order valence-corrected chi connectivity index (χ2v) is 7.63. The Morgan fingerprint density at radius 1 is 1.32 bits per heavy atom. The zero-order valence-corrected chi connectivity index (χ0v) is 13.5. The summed E-state index contributed by atoms with van der Waals surface area (Å²) < 4.78 is -1.92. The molecule has 1 aromatic rings. The number of benzene rings is 1. The minimum atomic E-state index is -1.92. The van der Waals surface area contributed by atoms with Crippen LogP contribution in [0.2, 0.25) is 0 Å². The Morgan fingerprint density at radius 2 is 1.91 bits per heavy atom. The maximum Gasteiger partial charge on any atom is 0.267 e. The average molecular weight is 363 g/mol. The number of hydrazone groups is 1. The SMILES string of the molecule is CC1=NN(c2ccccc2)C(=O)[C@]12[C@@H]([N+](=O)[O-])[C@@H]2C(Cl)(Cl)Cl. The number of amides is 1. The molecule has 2 aliphatic rings. The van der Waals surface area contributed by atoms with Gasteiger partial charge in [-0.1, -0.05) is 53.0 Å². The molecular formula is C13H10Cl3N3O3. The van der Waals surface area contributed by atoms with E-state index in [1.807, 2.05) is 0 Å². The van der Waals surface area contributed by atoms with Crippen molar-refractivity contribution in [2.24, 2.45) is 16.4 Å². The lowest BCUT2D eigenvalue weighted by Gasteiger charge is -2.15. The summed E-state index contributed by atoms with van der Waals surface area (Å²) in [6, 6.07) is 7.34. The third-order valence-corrected chi connectivity index (χ3v) is 4.84. The highest BCUT2D eigenvalue weighted by Crippen LogP contribution is 2.67. The molecule has 0 unspecified atom stereocenters. The maximum atomic E-state index is 12.8. The van der Waals surface area contributed by atoms with Gasteiger partial charge in [0.05, 0.1) is 11.4 Å². The fraction of sp³-hybridized carbons (Fsp3) is 0.385. The van der Waals surface area contributed by atoms with Gasteiger partial charge in [0.1, 0.15) is 5.92 Å². The lowest BCUT2D eigenvalue weighted by atomic mass is 9.97. The first kappa shape index (κ1) is 15.5. The second kappa shape index (κ2) is 4.81. The first-order chi connectivity index (χ1) is 10.2. The quantitative estimate of drug-likeness (QED) is 0.461. The number of anilines is 1. The highest BCUT2D eigenvalue weighted by Gasteiger charge is 2.87. The number of nitro groups is 1. The summed E-state index contributed by atoms with van der Waals surface area (Å²) >= 11 is 17.6. The minimum absolute atomic E-state index is 0.291. The first-order valence-corrected chi connectivity index (χ1v) is 7.51. The Labute approximate surface area is 140 Å². The molecule has 1 aromatic carbocycles. The number of halogens is 3. The van der Waals surface area contributed by atoms with Crippen LogP contribution in [0.25, 0.3) is 0 Å². The molecule has 116 valence electrons. The van der Waals surface area contributed by atoms with Gasteiger partial charge in [-0.05, 0) is 19.1 Å². The maximum absolute atomic E-state index is 12.8. The van der Waals surface area contributed by atoms with Gasteiger partial charge in [0.25, 0.3) is 5.91 Å². The topological polar surface area (TPSA) is 75.8 Å². The highest BCUT2D eigenvalue weighted by atomic mass is 35.6. The summed E-state index contributed by atoms with van der Waals surface area (Å²) in [7, 11) is 0. The van der Waals surface area contributed by atoms with Crippen LogP contribution in [0.5, 0.6) is 0 Å². The van der Waals surface area contributed by atoms with Crippen molar-refractivity contribution in [3.05, 3.63) is 40.4 Å². The van der Waals surface area contributed by atoms with Gasteiger partial charge < -0.3 is 0 Å². The molecule has 1 amide bonds. The second-order valence-electron chi connectivity index (χ2n) is 5.26. The van der Waals surface area contributed by atoms with Crippen LogP contribution in [0.15, 0.2) is 35.4 Å². The molecule has 0 N–H and O–H groups in total. The lowest BCUT2D eigenvalue weighted by Crippen LogP contribution is -2.34. The standard InChI is InChI=1S/C13H10Cl3N3O3/c1-7-12(9(13(14,15)16)10(12)19(21)22)11(20)18(17-7)8-5-3-2-4-6-8/h2-6,9-10H,1H3/t9-,10-,12+/m0/s1. The van der Waals surface area contributed by atoms with Crippen molar-refractivity contribution < 1.29 is 9.72 Å². The van der Waals surface area contributed by atoms with E-state index in [1.54, 1.807) is 37.3 Å². The Morgan fingerprint density at radius 3 is 2.36 bits per heavy atom. The monoisotopic (exact) mass is 361 g/mol. The van der Waals surface area contributed by atoms with Crippen LogP contribution in [0.3, 0.4) is 0 Å². The summed E-state index contributed by atoms with van der Waals surface area (Å²) in [5.41, 5.74) is -0.676. The van der Waals surface area contributed by atoms with Crippen molar-refractivity contribution >= 4 is 52.1 Å². The van der Waals surface area contributed by atoms with Crippen LogP contribution in [0.1, 0.15) is 6.92 Å². The van der Waals surface area contributed by atoms with Crippen molar-refractivity contribution in [2.75, 3.05) is 5.01 Å². The van der Waals surface area contributed by atoms with E-state index < -0.39 is 32.0 Å². The van der Waals surface area contributed by atoms with Gasteiger partial charge in [-0.2, -0.15) is 10.1 Å². The summed E-state index contributed by atoms with van der Waals surface area (Å²) in [4.78, 5) is 23.5. The molecule has 1 aliphatic heterocycles. The fourth-order valence-corrected chi connectivity index (χ4v) is 4.02. The summed E-state index contributed by atoms with van der Waals surface area (Å²) in [6.45, 7) is 1.55. The minimum Gasteiger partial charge on any atom is -0.271 e. The molecule has 1 spiro atoms. The predicted octanol–water partition coefficient (Wildman–Crippen LogP) is 3.04. The molecule has 1 fully saturated rings. The predicted molar refractivity (Wildman–Crippen MR) is 84.0 cm³/mol. The van der Waals surface area contributed by atoms with Gasteiger partial charge in [0.2, 0.25) is 9.83 Å². The average Bonchev–Trinajstić information content (AvgIpc) is 3.10. The molecular weight excluding hydrogens is 353 g/mol. The fourth-order valence-electron chi connectivity index (χ4n) is 3.15. The van der Waals surface area contributed by atoms with Crippen LogP contribution in [-0.4, -0.2) is 26.4 Å². The largest absolute Gasteiger partial charge is 0.271 e. The molecule has 0 bridgehead atoms. The van der Waals surface area contributed by atoms with E-state index >= 15 is 0 Å². The van der Waals surface area contributed by atoms with Crippen molar-refractivity contribution in [1.29, 1.82) is 0 Å². The molecule has 3 rings (SSSR count). The zero-order valence-electron chi connectivity index (χ0n) is 11.2. The van der Waals surface area contributed by atoms with E-state index in [0.717, 1.165) is 5.01 Å². The third kappa shape index (κ3) is 1.94. The van der Waals surface area contributed by atoms with Crippen molar-refractivity contribution in [3.8, 4) is 0 Å². The molecule has 1 aliphatic carbocycles. The highest BCUT2D eigenvalue weighted by molar-refractivity contribution is 6.68. The normalized spacial score (nSPS) is 30.6. The van der Waals surface area contributed by atoms with E-state index in [9.17, 15) is 14.9 Å². The number of alkyl halides is 3. The molecule has 6 nitrogen and oxygen atoms in total.